The Bertz CT molecular complexity index is 1190. The van der Waals surface area contributed by atoms with Crippen molar-refractivity contribution in [1.29, 1.82) is 0 Å². The predicted molar refractivity (Wildman–Crippen MR) is 118 cm³/mol. The van der Waals surface area contributed by atoms with Gasteiger partial charge in [0, 0.05) is 31.6 Å². The second-order valence-corrected chi connectivity index (χ2v) is 8.36. The first-order valence-corrected chi connectivity index (χ1v) is 10.8. The van der Waals surface area contributed by atoms with Gasteiger partial charge >= 0.3 is 5.63 Å². The molecule has 0 radical (unpaired) electrons. The van der Waals surface area contributed by atoms with E-state index in [9.17, 15) is 4.79 Å². The van der Waals surface area contributed by atoms with Crippen LogP contribution in [0.4, 0.5) is 5.82 Å². The number of rotatable bonds is 4. The van der Waals surface area contributed by atoms with E-state index in [1.807, 2.05) is 42.5 Å². The maximum absolute atomic E-state index is 12.7. The minimum absolute atomic E-state index is 0.383. The quantitative estimate of drug-likeness (QED) is 0.511. The molecule has 1 fully saturated rings. The fraction of sp³-hybridized carbons (Fsp3) is 0.318. The molecule has 7 heteroatoms. The third-order valence-corrected chi connectivity index (χ3v) is 6.41. The summed E-state index contributed by atoms with van der Waals surface area (Å²) in [4.78, 5) is 26.6. The minimum atomic E-state index is -0.394. The number of piperazine rings is 1. The largest absolute Gasteiger partial charge is 0.403 e. The molecule has 29 heavy (non-hydrogen) atoms. The van der Waals surface area contributed by atoms with E-state index < -0.39 is 5.63 Å². The molecule has 0 spiro atoms. The average Bonchev–Trinajstić information content (AvgIpc) is 3.17. The Kier molecular flexibility index (Phi) is 4.77. The molecule has 0 amide bonds. The molecule has 148 valence electrons. The Hall–Kier alpha value is -2.77. The van der Waals surface area contributed by atoms with Gasteiger partial charge in [0.15, 0.2) is 0 Å². The lowest BCUT2D eigenvalue weighted by Crippen LogP contribution is -2.46. The first-order valence-electron chi connectivity index (χ1n) is 9.99. The third kappa shape index (κ3) is 3.52. The second kappa shape index (κ2) is 7.57. The number of benzene rings is 1. The monoisotopic (exact) mass is 406 g/mol. The number of aromatic nitrogens is 2. The van der Waals surface area contributed by atoms with Gasteiger partial charge in [0.1, 0.15) is 10.8 Å². The number of hydrogen-bond acceptors (Lipinski definition) is 7. The maximum Gasteiger partial charge on any atom is 0.347 e. The van der Waals surface area contributed by atoms with Crippen LogP contribution in [0.25, 0.3) is 31.9 Å². The zero-order chi connectivity index (χ0) is 19.8. The first-order chi connectivity index (χ1) is 14.2. The van der Waals surface area contributed by atoms with Crippen LogP contribution in [0.1, 0.15) is 13.3 Å². The summed E-state index contributed by atoms with van der Waals surface area (Å²) >= 11 is 1.50. The number of para-hydroxylation sites is 1. The Morgan fingerprint density at radius 3 is 2.69 bits per heavy atom. The van der Waals surface area contributed by atoms with Crippen LogP contribution in [0.3, 0.4) is 0 Å². The molecule has 0 saturated carbocycles. The van der Waals surface area contributed by atoms with Gasteiger partial charge in [-0.25, -0.2) is 9.78 Å². The van der Waals surface area contributed by atoms with Crippen LogP contribution >= 0.6 is 11.3 Å². The molecule has 1 saturated heterocycles. The summed E-state index contributed by atoms with van der Waals surface area (Å²) in [5, 5.41) is 1.49. The van der Waals surface area contributed by atoms with Crippen LogP contribution in [0.5, 0.6) is 0 Å². The number of thiazole rings is 1. The summed E-state index contributed by atoms with van der Waals surface area (Å²) < 4.78 is 6.65. The Balaban J connectivity index is 1.46. The van der Waals surface area contributed by atoms with Crippen LogP contribution in [0.2, 0.25) is 0 Å². The highest BCUT2D eigenvalue weighted by molar-refractivity contribution is 7.21. The van der Waals surface area contributed by atoms with Gasteiger partial charge in [-0.1, -0.05) is 19.1 Å². The molecule has 4 heterocycles. The fourth-order valence-electron chi connectivity index (χ4n) is 3.82. The molecule has 0 bridgehead atoms. The minimum Gasteiger partial charge on any atom is -0.403 e. The number of fused-ring (bicyclic) bond motifs is 2. The molecule has 0 N–H and O–H groups in total. The van der Waals surface area contributed by atoms with Crippen LogP contribution in [0.15, 0.2) is 51.7 Å². The summed E-state index contributed by atoms with van der Waals surface area (Å²) in [7, 11) is 0. The molecule has 4 aromatic rings. The van der Waals surface area contributed by atoms with E-state index >= 15 is 0 Å². The summed E-state index contributed by atoms with van der Waals surface area (Å²) in [5.41, 5.74) is 1.37. The summed E-state index contributed by atoms with van der Waals surface area (Å²) in [5.74, 6) is 0.865. The van der Waals surface area contributed by atoms with Gasteiger partial charge in [-0.05, 0) is 43.3 Å². The van der Waals surface area contributed by atoms with E-state index in [1.54, 1.807) is 0 Å². The molecule has 1 aliphatic heterocycles. The molecule has 0 unspecified atom stereocenters. The van der Waals surface area contributed by atoms with Crippen molar-refractivity contribution in [2.24, 2.45) is 0 Å². The lowest BCUT2D eigenvalue weighted by molar-refractivity contribution is 0.258. The van der Waals surface area contributed by atoms with E-state index in [1.165, 1.54) is 17.8 Å². The zero-order valence-corrected chi connectivity index (χ0v) is 17.1. The Morgan fingerprint density at radius 1 is 1.07 bits per heavy atom. The van der Waals surface area contributed by atoms with Crippen LogP contribution < -0.4 is 10.5 Å². The van der Waals surface area contributed by atoms with E-state index in [4.69, 9.17) is 4.42 Å². The number of nitrogens with zero attached hydrogens (tertiary/aromatic N) is 4. The van der Waals surface area contributed by atoms with Gasteiger partial charge in [-0.2, -0.15) is 4.98 Å². The maximum atomic E-state index is 12.7. The molecule has 3 aromatic heterocycles. The van der Waals surface area contributed by atoms with Crippen molar-refractivity contribution in [3.63, 3.8) is 0 Å². The molecule has 1 aromatic carbocycles. The second-order valence-electron chi connectivity index (χ2n) is 7.33. The molecule has 6 nitrogen and oxygen atoms in total. The van der Waals surface area contributed by atoms with Gasteiger partial charge in [0.2, 0.25) is 5.71 Å². The van der Waals surface area contributed by atoms with Gasteiger partial charge in [-0.15, -0.1) is 11.3 Å². The topological polar surface area (TPSA) is 62.5 Å². The fourth-order valence-corrected chi connectivity index (χ4v) is 4.79. The van der Waals surface area contributed by atoms with Crippen LogP contribution in [-0.4, -0.2) is 47.6 Å². The molecule has 1 aliphatic rings. The highest BCUT2D eigenvalue weighted by Crippen LogP contribution is 2.30. The predicted octanol–water partition coefficient (Wildman–Crippen LogP) is 4.00. The van der Waals surface area contributed by atoms with Gasteiger partial charge in [-0.3, -0.25) is 4.90 Å². The lowest BCUT2D eigenvalue weighted by atomic mass is 10.2. The van der Waals surface area contributed by atoms with Gasteiger partial charge in [0.05, 0.1) is 15.8 Å². The molecule has 0 atom stereocenters. The van der Waals surface area contributed by atoms with Crippen molar-refractivity contribution in [3.05, 3.63) is 52.9 Å². The van der Waals surface area contributed by atoms with E-state index in [2.05, 4.69) is 26.7 Å². The van der Waals surface area contributed by atoms with Gasteiger partial charge < -0.3 is 9.32 Å². The smallest absolute Gasteiger partial charge is 0.347 e. The van der Waals surface area contributed by atoms with E-state index in [0.717, 1.165) is 54.1 Å². The van der Waals surface area contributed by atoms with E-state index in [0.29, 0.717) is 16.3 Å². The highest BCUT2D eigenvalue weighted by Gasteiger charge is 2.19. The number of pyridine rings is 1. The molecular weight excluding hydrogens is 384 g/mol. The normalized spacial score (nSPS) is 15.4. The first kappa shape index (κ1) is 18.3. The average molecular weight is 407 g/mol. The van der Waals surface area contributed by atoms with Crippen molar-refractivity contribution in [1.82, 2.24) is 14.9 Å². The van der Waals surface area contributed by atoms with Crippen molar-refractivity contribution >= 4 is 38.5 Å². The Labute approximate surface area is 172 Å². The van der Waals surface area contributed by atoms with Crippen molar-refractivity contribution in [2.45, 2.75) is 13.3 Å². The Morgan fingerprint density at radius 2 is 1.90 bits per heavy atom. The lowest BCUT2D eigenvalue weighted by Gasteiger charge is -2.35. The van der Waals surface area contributed by atoms with Crippen molar-refractivity contribution in [3.8, 4) is 10.6 Å². The summed E-state index contributed by atoms with van der Waals surface area (Å²) in [6, 6.07) is 13.7. The SMILES string of the molecule is CCCN1CCN(c2ccc3cc(-c4nc5ccccc5s4)c(=O)oc3n2)CC1. The number of anilines is 1. The van der Waals surface area contributed by atoms with E-state index in [-0.39, 0.29) is 0 Å². The molecule has 0 aliphatic carbocycles. The number of hydrogen-bond donors (Lipinski definition) is 0. The molecular formula is C22H22N4O2S. The standard InChI is InChI=1S/C22H22N4O2S/c1-2-9-25-10-12-26(13-11-25)19-8-7-15-14-16(22(27)28-20(15)24-19)21-23-17-5-3-4-6-18(17)29-21/h3-8,14H,2,9-13H2,1H3. The van der Waals surface area contributed by atoms with Crippen molar-refractivity contribution < 1.29 is 4.42 Å². The summed E-state index contributed by atoms with van der Waals surface area (Å²) in [6.45, 7) is 7.30. The van der Waals surface area contributed by atoms with Crippen molar-refractivity contribution in [2.75, 3.05) is 37.6 Å². The zero-order valence-electron chi connectivity index (χ0n) is 16.3. The molecule has 5 rings (SSSR count). The van der Waals surface area contributed by atoms with Gasteiger partial charge in [0.25, 0.3) is 0 Å². The highest BCUT2D eigenvalue weighted by atomic mass is 32.1. The third-order valence-electron chi connectivity index (χ3n) is 5.34. The van der Waals surface area contributed by atoms with Crippen LogP contribution in [0, 0.1) is 0 Å². The van der Waals surface area contributed by atoms with Crippen LogP contribution in [-0.2, 0) is 0 Å². The summed E-state index contributed by atoms with van der Waals surface area (Å²) in [6.07, 6.45) is 1.18.